The van der Waals surface area contributed by atoms with Crippen molar-refractivity contribution in [1.82, 2.24) is 0 Å². The van der Waals surface area contributed by atoms with Gasteiger partial charge in [-0.15, -0.1) is 22.7 Å². The molecule has 0 saturated carbocycles. The second-order valence-corrected chi connectivity index (χ2v) is 11.5. The second kappa shape index (κ2) is 9.04. The number of benzene rings is 2. The maximum atomic E-state index is 12.2. The number of thiophene rings is 2. The average Bonchev–Trinajstić information content (AvgIpc) is 3.39. The summed E-state index contributed by atoms with van der Waals surface area (Å²) in [6.07, 6.45) is -3.33. The van der Waals surface area contributed by atoms with Crippen molar-refractivity contribution in [3.63, 3.8) is 0 Å². The molecular weight excluding hydrogens is 484 g/mol. The smallest absolute Gasteiger partial charge is 0.340 e. The lowest BCUT2D eigenvalue weighted by Crippen LogP contribution is -2.52. The molecule has 0 saturated heterocycles. The van der Waals surface area contributed by atoms with Gasteiger partial charge in [-0.05, 0) is 48.9 Å². The summed E-state index contributed by atoms with van der Waals surface area (Å²) < 4.78 is 8.14. The van der Waals surface area contributed by atoms with Crippen LogP contribution in [0, 0.1) is 13.8 Å². The number of aliphatic carboxylic acids is 1. The van der Waals surface area contributed by atoms with Gasteiger partial charge in [-0.3, -0.25) is 0 Å². The van der Waals surface area contributed by atoms with E-state index in [1.165, 1.54) is 11.3 Å². The molecule has 0 bridgehead atoms. The first-order valence-corrected chi connectivity index (χ1v) is 12.9. The molecule has 182 valence electrons. The summed E-state index contributed by atoms with van der Waals surface area (Å²) in [7, 11) is 0. The van der Waals surface area contributed by atoms with E-state index in [0.29, 0.717) is 0 Å². The van der Waals surface area contributed by atoms with Gasteiger partial charge in [0.05, 0.1) is 6.10 Å². The number of carboxylic acids is 1. The van der Waals surface area contributed by atoms with E-state index in [1.54, 1.807) is 11.3 Å². The van der Waals surface area contributed by atoms with Gasteiger partial charge in [0.2, 0.25) is 0 Å². The van der Waals surface area contributed by atoms with Crippen LogP contribution in [0.4, 0.5) is 0 Å². The molecule has 0 amide bonds. The highest BCUT2D eigenvalue weighted by molar-refractivity contribution is 7.19. The Balaban J connectivity index is 1.53. The average molecular weight is 511 g/mol. The Morgan fingerprint density at radius 3 is 2.14 bits per heavy atom. The van der Waals surface area contributed by atoms with Crippen molar-refractivity contribution in [2.75, 3.05) is 0 Å². The lowest BCUT2D eigenvalue weighted by molar-refractivity contribution is -0.162. The van der Waals surface area contributed by atoms with E-state index < -0.39 is 30.2 Å². The van der Waals surface area contributed by atoms with Gasteiger partial charge in [0.15, 0.2) is 5.60 Å². The van der Waals surface area contributed by atoms with Crippen LogP contribution in [0.15, 0.2) is 59.9 Å². The minimum absolute atomic E-state index is 0.0723. The van der Waals surface area contributed by atoms with E-state index in [9.17, 15) is 25.2 Å². The molecule has 6 nitrogen and oxygen atoms in total. The predicted octanol–water partition coefficient (Wildman–Crippen LogP) is 4.69. The molecule has 3 atom stereocenters. The van der Waals surface area contributed by atoms with Crippen molar-refractivity contribution in [1.29, 1.82) is 0 Å². The van der Waals surface area contributed by atoms with Gasteiger partial charge in [-0.2, -0.15) is 0 Å². The number of carboxylic acid groups (broad SMARTS) is 1. The van der Waals surface area contributed by atoms with Crippen molar-refractivity contribution >= 4 is 48.8 Å². The van der Waals surface area contributed by atoms with Crippen molar-refractivity contribution in [2.45, 2.75) is 51.1 Å². The lowest BCUT2D eigenvalue weighted by atomic mass is 9.77. The summed E-state index contributed by atoms with van der Waals surface area (Å²) in [6, 6.07) is 16.2. The lowest BCUT2D eigenvalue weighted by Gasteiger charge is -2.38. The van der Waals surface area contributed by atoms with Crippen molar-refractivity contribution in [2.24, 2.45) is 0 Å². The van der Waals surface area contributed by atoms with Crippen molar-refractivity contribution in [3.8, 4) is 0 Å². The van der Waals surface area contributed by atoms with Gasteiger partial charge in [0, 0.05) is 37.6 Å². The second-order valence-electron chi connectivity index (χ2n) is 9.20. The molecule has 1 aliphatic rings. The number of hydrogen-bond donors (Lipinski definition) is 4. The first-order valence-electron chi connectivity index (χ1n) is 11.3. The number of carbonyl (C=O) groups is 1. The third kappa shape index (κ3) is 4.48. The molecule has 4 aromatic rings. The molecule has 2 aromatic heterocycles. The highest BCUT2D eigenvalue weighted by atomic mass is 32.1. The Bertz CT molecular complexity index is 1470. The molecule has 5 rings (SSSR count). The quantitative estimate of drug-likeness (QED) is 0.300. The first-order chi connectivity index (χ1) is 16.6. The molecule has 1 aliphatic carbocycles. The zero-order chi connectivity index (χ0) is 24.9. The van der Waals surface area contributed by atoms with Gasteiger partial charge in [0.1, 0.15) is 18.5 Å². The highest BCUT2D eigenvalue weighted by Crippen LogP contribution is 2.40. The normalized spacial score (nSPS) is 22.8. The van der Waals surface area contributed by atoms with E-state index in [2.05, 4.69) is 6.07 Å². The van der Waals surface area contributed by atoms with Crippen LogP contribution in [0.5, 0.6) is 0 Å². The molecule has 0 radical (unpaired) electrons. The number of rotatable bonds is 6. The Morgan fingerprint density at radius 2 is 1.54 bits per heavy atom. The standard InChI is InChI=1S/C27H26O6S2/c1-14-3-5-22-16(7-14)9-18(34-22)11-20-25(24(29)21(28)12-27(20,32)26(30)31)33-13-19-10-17-8-15(2)4-6-23(17)35-19/h3-10,21,24,28-29,32H,11-13H2,1-2H3,(H,30,31)/t21-,24+,27-/m1/s1. The van der Waals surface area contributed by atoms with Crippen LogP contribution in [-0.2, 0) is 22.6 Å². The summed E-state index contributed by atoms with van der Waals surface area (Å²) >= 11 is 3.04. The molecule has 0 spiro atoms. The van der Waals surface area contributed by atoms with Gasteiger partial charge in [-0.1, -0.05) is 35.4 Å². The summed E-state index contributed by atoms with van der Waals surface area (Å²) in [5.74, 6) is -1.55. The fourth-order valence-electron chi connectivity index (χ4n) is 4.63. The maximum absolute atomic E-state index is 12.2. The number of fused-ring (bicyclic) bond motifs is 2. The number of hydrogen-bond acceptors (Lipinski definition) is 7. The minimum atomic E-state index is -2.35. The molecule has 0 unspecified atom stereocenters. The summed E-state index contributed by atoms with van der Waals surface area (Å²) in [5.41, 5.74) is -0.0225. The van der Waals surface area contributed by atoms with Crippen LogP contribution in [0.2, 0.25) is 0 Å². The van der Waals surface area contributed by atoms with Crippen LogP contribution in [0.3, 0.4) is 0 Å². The van der Waals surface area contributed by atoms with Crippen LogP contribution in [0.25, 0.3) is 20.2 Å². The van der Waals surface area contributed by atoms with Crippen molar-refractivity contribution in [3.05, 3.63) is 80.7 Å². The van der Waals surface area contributed by atoms with E-state index in [0.717, 1.165) is 41.1 Å². The topological polar surface area (TPSA) is 107 Å². The first kappa shape index (κ1) is 24.0. The van der Waals surface area contributed by atoms with E-state index in [4.69, 9.17) is 4.74 Å². The number of aliphatic hydroxyl groups is 3. The number of ether oxygens (including phenoxy) is 1. The Labute approximate surface area is 210 Å². The third-order valence-corrected chi connectivity index (χ3v) is 8.66. The number of aryl methyl sites for hydroxylation is 2. The van der Waals surface area contributed by atoms with Crippen LogP contribution >= 0.6 is 22.7 Å². The Kier molecular flexibility index (Phi) is 6.19. The van der Waals surface area contributed by atoms with Crippen LogP contribution < -0.4 is 0 Å². The fraction of sp³-hybridized carbons (Fsp3) is 0.296. The third-order valence-electron chi connectivity index (χ3n) is 6.45. The molecular formula is C27H26O6S2. The molecule has 35 heavy (non-hydrogen) atoms. The van der Waals surface area contributed by atoms with E-state index in [-0.39, 0.29) is 24.4 Å². The van der Waals surface area contributed by atoms with Gasteiger partial charge >= 0.3 is 5.97 Å². The Hall–Kier alpha value is -2.75. The van der Waals surface area contributed by atoms with Gasteiger partial charge in [0.25, 0.3) is 0 Å². The van der Waals surface area contributed by atoms with Gasteiger partial charge < -0.3 is 25.2 Å². The van der Waals surface area contributed by atoms with Gasteiger partial charge in [-0.25, -0.2) is 4.79 Å². The molecule has 8 heteroatoms. The Morgan fingerprint density at radius 1 is 0.971 bits per heavy atom. The zero-order valence-corrected chi connectivity index (χ0v) is 20.9. The molecule has 0 aliphatic heterocycles. The van der Waals surface area contributed by atoms with Crippen molar-refractivity contribution < 1.29 is 30.0 Å². The maximum Gasteiger partial charge on any atom is 0.340 e. The number of aliphatic hydroxyl groups excluding tert-OH is 2. The summed E-state index contributed by atoms with van der Waals surface area (Å²) in [5, 5.41) is 44.4. The largest absolute Gasteiger partial charge is 0.489 e. The molecule has 2 aromatic carbocycles. The minimum Gasteiger partial charge on any atom is -0.489 e. The predicted molar refractivity (Wildman–Crippen MR) is 138 cm³/mol. The van der Waals surface area contributed by atoms with Crippen LogP contribution in [-0.4, -0.2) is 44.2 Å². The molecule has 2 heterocycles. The SMILES string of the molecule is Cc1ccc2sc(COC3=C(Cc4cc5cc(C)ccc5s4)[C@@](O)(C(=O)O)C[C@@H](O)[C@@H]3O)cc2c1. The van der Waals surface area contributed by atoms with E-state index >= 15 is 0 Å². The zero-order valence-electron chi connectivity index (χ0n) is 19.3. The monoisotopic (exact) mass is 510 g/mol. The molecule has 0 fully saturated rings. The van der Waals surface area contributed by atoms with Crippen LogP contribution in [0.1, 0.15) is 27.3 Å². The highest BCUT2D eigenvalue weighted by Gasteiger charge is 2.50. The summed E-state index contributed by atoms with van der Waals surface area (Å²) in [4.78, 5) is 13.9. The fourth-order valence-corrected chi connectivity index (χ4v) is 6.65. The summed E-state index contributed by atoms with van der Waals surface area (Å²) in [6.45, 7) is 4.11. The molecule has 4 N–H and O–H groups in total. The van der Waals surface area contributed by atoms with E-state index in [1.807, 2.05) is 56.3 Å².